The Labute approximate surface area is 128 Å². The van der Waals surface area contributed by atoms with Crippen LogP contribution in [0.3, 0.4) is 0 Å². The van der Waals surface area contributed by atoms with Crippen LogP contribution in [0, 0.1) is 5.92 Å². The van der Waals surface area contributed by atoms with Crippen LogP contribution in [-0.4, -0.2) is 40.0 Å². The Morgan fingerprint density at radius 1 is 1.36 bits per heavy atom. The SMILES string of the molecule is CC(C)Cc1cc(C(=O)N2CCCC2)nnc1C(=O)N=[N+]=[N-]. The molecule has 0 N–H and O–H groups in total. The highest BCUT2D eigenvalue weighted by Crippen LogP contribution is 2.17. The van der Waals surface area contributed by atoms with Crippen LogP contribution in [0.4, 0.5) is 0 Å². The Kier molecular flexibility index (Phi) is 5.06. The number of carbonyl (C=O) groups is 2. The maximum atomic E-state index is 12.3. The normalized spacial score (nSPS) is 14.0. The van der Waals surface area contributed by atoms with Gasteiger partial charge in [-0.2, -0.15) is 0 Å². The van der Waals surface area contributed by atoms with E-state index < -0.39 is 5.91 Å². The predicted molar refractivity (Wildman–Crippen MR) is 79.2 cm³/mol. The second kappa shape index (κ2) is 7.00. The second-order valence-electron chi connectivity index (χ2n) is 5.70. The van der Waals surface area contributed by atoms with Crippen molar-refractivity contribution in [3.8, 4) is 0 Å². The van der Waals surface area contributed by atoms with Gasteiger partial charge in [-0.15, -0.1) is 10.2 Å². The molecule has 8 nitrogen and oxygen atoms in total. The van der Waals surface area contributed by atoms with Gasteiger partial charge in [0.2, 0.25) is 0 Å². The number of carbonyl (C=O) groups excluding carboxylic acids is 2. The smallest absolute Gasteiger partial charge is 0.274 e. The van der Waals surface area contributed by atoms with Crippen LogP contribution in [0.5, 0.6) is 0 Å². The van der Waals surface area contributed by atoms with Crippen molar-refractivity contribution in [1.29, 1.82) is 0 Å². The summed E-state index contributed by atoms with van der Waals surface area (Å²) in [7, 11) is 0. The van der Waals surface area contributed by atoms with Crippen molar-refractivity contribution in [2.45, 2.75) is 33.1 Å². The zero-order valence-electron chi connectivity index (χ0n) is 12.7. The van der Waals surface area contributed by atoms with Crippen molar-refractivity contribution in [3.63, 3.8) is 0 Å². The Morgan fingerprint density at radius 2 is 2.05 bits per heavy atom. The third-order valence-electron chi connectivity index (χ3n) is 3.45. The van der Waals surface area contributed by atoms with Gasteiger partial charge < -0.3 is 4.90 Å². The minimum Gasteiger partial charge on any atom is -0.337 e. The maximum absolute atomic E-state index is 12.3. The average Bonchev–Trinajstić information content (AvgIpc) is 3.00. The summed E-state index contributed by atoms with van der Waals surface area (Å²) in [5, 5.41) is 10.7. The van der Waals surface area contributed by atoms with Gasteiger partial charge in [-0.25, -0.2) is 0 Å². The first-order chi connectivity index (χ1) is 10.5. The third-order valence-corrected chi connectivity index (χ3v) is 3.45. The molecular weight excluding hydrogens is 284 g/mol. The molecule has 0 spiro atoms. The standard InChI is InChI=1S/C14H18N6O2/c1-9(2)7-10-8-11(14(22)20-5-3-4-6-20)16-17-12(10)13(21)18-19-15/h8-9H,3-7H2,1-2H3. The number of aromatic nitrogens is 2. The Hall–Kier alpha value is -2.47. The van der Waals surface area contributed by atoms with Crippen LogP contribution >= 0.6 is 0 Å². The molecule has 0 radical (unpaired) electrons. The van der Waals surface area contributed by atoms with E-state index in [9.17, 15) is 9.59 Å². The minimum atomic E-state index is -0.772. The molecule has 0 atom stereocenters. The van der Waals surface area contributed by atoms with Crippen molar-refractivity contribution < 1.29 is 9.59 Å². The molecule has 116 valence electrons. The summed E-state index contributed by atoms with van der Waals surface area (Å²) < 4.78 is 0. The van der Waals surface area contributed by atoms with E-state index in [1.165, 1.54) is 0 Å². The van der Waals surface area contributed by atoms with E-state index >= 15 is 0 Å². The molecule has 0 saturated carbocycles. The van der Waals surface area contributed by atoms with E-state index in [1.807, 2.05) is 13.8 Å². The maximum Gasteiger partial charge on any atom is 0.274 e. The van der Waals surface area contributed by atoms with Crippen LogP contribution in [0.1, 0.15) is 53.2 Å². The van der Waals surface area contributed by atoms with E-state index in [0.717, 1.165) is 25.9 Å². The number of amides is 2. The van der Waals surface area contributed by atoms with E-state index in [2.05, 4.69) is 20.2 Å². The van der Waals surface area contributed by atoms with E-state index in [4.69, 9.17) is 5.53 Å². The molecule has 0 aromatic carbocycles. The largest absolute Gasteiger partial charge is 0.337 e. The quantitative estimate of drug-likeness (QED) is 0.482. The fourth-order valence-corrected chi connectivity index (χ4v) is 2.48. The molecule has 2 rings (SSSR count). The lowest BCUT2D eigenvalue weighted by Crippen LogP contribution is -2.29. The lowest BCUT2D eigenvalue weighted by molar-refractivity contribution is 0.0784. The molecule has 0 aliphatic carbocycles. The van der Waals surface area contributed by atoms with Gasteiger partial charge in [0, 0.05) is 18.0 Å². The zero-order chi connectivity index (χ0) is 16.1. The second-order valence-corrected chi connectivity index (χ2v) is 5.70. The van der Waals surface area contributed by atoms with Gasteiger partial charge in [0.15, 0.2) is 5.69 Å². The van der Waals surface area contributed by atoms with Gasteiger partial charge >= 0.3 is 0 Å². The van der Waals surface area contributed by atoms with E-state index in [0.29, 0.717) is 12.0 Å². The van der Waals surface area contributed by atoms with E-state index in [-0.39, 0.29) is 23.2 Å². The number of nitrogens with zero attached hydrogens (tertiary/aromatic N) is 6. The molecule has 8 heteroatoms. The predicted octanol–water partition coefficient (Wildman–Crippen LogP) is 2.36. The molecule has 2 amide bonds. The molecule has 0 bridgehead atoms. The summed E-state index contributed by atoms with van der Waals surface area (Å²) in [6.45, 7) is 5.42. The van der Waals surface area contributed by atoms with E-state index in [1.54, 1.807) is 11.0 Å². The summed E-state index contributed by atoms with van der Waals surface area (Å²) in [6.07, 6.45) is 2.54. The molecule has 1 saturated heterocycles. The van der Waals surface area contributed by atoms with Crippen LogP contribution in [0.25, 0.3) is 10.4 Å². The molecule has 1 aromatic rings. The van der Waals surface area contributed by atoms with Crippen LogP contribution in [0.2, 0.25) is 0 Å². The van der Waals surface area contributed by atoms with Crippen molar-refractivity contribution >= 4 is 11.8 Å². The third kappa shape index (κ3) is 3.59. The average molecular weight is 302 g/mol. The Morgan fingerprint density at radius 3 is 2.64 bits per heavy atom. The van der Waals surface area contributed by atoms with Crippen LogP contribution in [0.15, 0.2) is 11.2 Å². The first-order valence-electron chi connectivity index (χ1n) is 7.28. The van der Waals surface area contributed by atoms with Gasteiger partial charge in [0.1, 0.15) is 5.69 Å². The highest BCUT2D eigenvalue weighted by Gasteiger charge is 2.23. The first-order valence-corrected chi connectivity index (χ1v) is 7.28. The number of azide groups is 1. The summed E-state index contributed by atoms with van der Waals surface area (Å²) in [5.41, 5.74) is 9.22. The topological polar surface area (TPSA) is 112 Å². The Bertz CT molecular complexity index is 630. The molecule has 1 fully saturated rings. The molecule has 1 aromatic heterocycles. The van der Waals surface area contributed by atoms with Gasteiger partial charge in [0.25, 0.3) is 11.8 Å². The highest BCUT2D eigenvalue weighted by atomic mass is 16.2. The lowest BCUT2D eigenvalue weighted by atomic mass is 10.0. The zero-order valence-corrected chi connectivity index (χ0v) is 12.7. The van der Waals surface area contributed by atoms with Crippen molar-refractivity contribution in [1.82, 2.24) is 15.1 Å². The monoisotopic (exact) mass is 302 g/mol. The van der Waals surface area contributed by atoms with Crippen LogP contribution < -0.4 is 0 Å². The first kappa shape index (κ1) is 15.9. The number of hydrogen-bond donors (Lipinski definition) is 0. The molecule has 22 heavy (non-hydrogen) atoms. The summed E-state index contributed by atoms with van der Waals surface area (Å²) in [6, 6.07) is 1.59. The summed E-state index contributed by atoms with van der Waals surface area (Å²) in [4.78, 5) is 28.3. The minimum absolute atomic E-state index is 0.0180. The fraction of sp³-hybridized carbons (Fsp3) is 0.571. The van der Waals surface area contributed by atoms with Gasteiger partial charge in [0.05, 0.1) is 0 Å². The van der Waals surface area contributed by atoms with Crippen molar-refractivity contribution in [2.24, 2.45) is 11.0 Å². The summed E-state index contributed by atoms with van der Waals surface area (Å²) in [5.74, 6) is -0.680. The van der Waals surface area contributed by atoms with Crippen molar-refractivity contribution in [3.05, 3.63) is 33.5 Å². The molecule has 1 aliphatic rings. The van der Waals surface area contributed by atoms with Crippen LogP contribution in [-0.2, 0) is 6.42 Å². The lowest BCUT2D eigenvalue weighted by Gasteiger charge is -2.15. The van der Waals surface area contributed by atoms with Crippen molar-refractivity contribution in [2.75, 3.05) is 13.1 Å². The summed E-state index contributed by atoms with van der Waals surface area (Å²) >= 11 is 0. The number of rotatable bonds is 4. The van der Waals surface area contributed by atoms with Gasteiger partial charge in [-0.1, -0.05) is 13.8 Å². The van der Waals surface area contributed by atoms with Gasteiger partial charge in [-0.05, 0) is 47.5 Å². The number of likely N-dealkylation sites (tertiary alicyclic amines) is 1. The van der Waals surface area contributed by atoms with Gasteiger partial charge in [-0.3, -0.25) is 9.59 Å². The highest BCUT2D eigenvalue weighted by molar-refractivity contribution is 5.96. The molecule has 0 unspecified atom stereocenters. The molecule has 2 heterocycles. The fourth-order valence-electron chi connectivity index (χ4n) is 2.48. The molecule has 1 aliphatic heterocycles. The number of hydrogen-bond acceptors (Lipinski definition) is 4. The Balaban J connectivity index is 2.35. The molecular formula is C14H18N6O2.